The molecule has 2 rings (SSSR count). The first-order valence-corrected chi connectivity index (χ1v) is 7.15. The van der Waals surface area contributed by atoms with Gasteiger partial charge in [0.05, 0.1) is 11.5 Å². The minimum absolute atomic E-state index is 0.0699. The van der Waals surface area contributed by atoms with Crippen LogP contribution in [0.5, 0.6) is 0 Å². The van der Waals surface area contributed by atoms with Crippen molar-refractivity contribution in [2.45, 2.75) is 46.1 Å². The Morgan fingerprint density at radius 1 is 1.47 bits per heavy atom. The molecular weight excluding hydrogens is 240 g/mol. The third-order valence-corrected chi connectivity index (χ3v) is 4.25. The second-order valence-corrected chi connectivity index (χ2v) is 5.53. The Hall–Kier alpha value is -1.29. The SMILES string of the molecule is CCC1(C(=O)NC(C)c2ccc(C)o2)CCNCC1. The van der Waals surface area contributed by atoms with E-state index in [1.54, 1.807) is 0 Å². The summed E-state index contributed by atoms with van der Waals surface area (Å²) in [4.78, 5) is 12.6. The predicted octanol–water partition coefficient (Wildman–Crippen LogP) is 2.55. The molecule has 1 saturated heterocycles. The molecule has 0 radical (unpaired) electrons. The summed E-state index contributed by atoms with van der Waals surface area (Å²) in [7, 11) is 0. The molecule has 0 aromatic carbocycles. The zero-order valence-corrected chi connectivity index (χ0v) is 12.1. The highest BCUT2D eigenvalue weighted by Gasteiger charge is 2.38. The number of rotatable bonds is 4. The van der Waals surface area contributed by atoms with Crippen LogP contribution in [0.15, 0.2) is 16.5 Å². The molecule has 1 atom stereocenters. The first-order valence-electron chi connectivity index (χ1n) is 7.15. The topological polar surface area (TPSA) is 54.3 Å². The van der Waals surface area contributed by atoms with Crippen LogP contribution in [0.2, 0.25) is 0 Å². The molecule has 106 valence electrons. The Kier molecular flexibility index (Phi) is 4.30. The standard InChI is InChI=1S/C15H24N2O2/c1-4-15(7-9-16-10-8-15)14(18)17-12(3)13-6-5-11(2)19-13/h5-6,12,16H,4,7-10H2,1-3H3,(H,17,18). The molecule has 1 amide bonds. The van der Waals surface area contributed by atoms with Crippen LogP contribution in [0.3, 0.4) is 0 Å². The number of aryl methyl sites for hydroxylation is 1. The Morgan fingerprint density at radius 2 is 2.16 bits per heavy atom. The van der Waals surface area contributed by atoms with Crippen LogP contribution in [0.4, 0.5) is 0 Å². The van der Waals surface area contributed by atoms with Crippen molar-refractivity contribution in [2.24, 2.45) is 5.41 Å². The molecule has 1 aromatic heterocycles. The van der Waals surface area contributed by atoms with Gasteiger partial charge in [-0.15, -0.1) is 0 Å². The first kappa shape index (κ1) is 14.1. The molecule has 2 heterocycles. The van der Waals surface area contributed by atoms with Crippen molar-refractivity contribution in [3.8, 4) is 0 Å². The molecule has 0 saturated carbocycles. The molecule has 1 unspecified atom stereocenters. The van der Waals surface area contributed by atoms with Crippen molar-refractivity contribution in [1.29, 1.82) is 0 Å². The van der Waals surface area contributed by atoms with E-state index < -0.39 is 0 Å². The van der Waals surface area contributed by atoms with Crippen molar-refractivity contribution < 1.29 is 9.21 Å². The summed E-state index contributed by atoms with van der Waals surface area (Å²) < 4.78 is 5.57. The number of amides is 1. The van der Waals surface area contributed by atoms with Gasteiger partial charge in [0.15, 0.2) is 0 Å². The summed E-state index contributed by atoms with van der Waals surface area (Å²) in [5.41, 5.74) is -0.207. The largest absolute Gasteiger partial charge is 0.464 e. The minimum Gasteiger partial charge on any atom is -0.464 e. The molecule has 19 heavy (non-hydrogen) atoms. The van der Waals surface area contributed by atoms with Crippen molar-refractivity contribution in [3.63, 3.8) is 0 Å². The smallest absolute Gasteiger partial charge is 0.226 e. The quantitative estimate of drug-likeness (QED) is 0.878. The molecule has 0 spiro atoms. The zero-order valence-electron chi connectivity index (χ0n) is 12.1. The third kappa shape index (κ3) is 3.00. The van der Waals surface area contributed by atoms with Gasteiger partial charge in [0, 0.05) is 0 Å². The third-order valence-electron chi connectivity index (χ3n) is 4.25. The van der Waals surface area contributed by atoms with E-state index in [0.717, 1.165) is 43.9 Å². The van der Waals surface area contributed by atoms with Gasteiger partial charge in [0.2, 0.25) is 5.91 Å². The number of furan rings is 1. The van der Waals surface area contributed by atoms with E-state index in [2.05, 4.69) is 17.6 Å². The Morgan fingerprint density at radius 3 is 2.68 bits per heavy atom. The lowest BCUT2D eigenvalue weighted by molar-refractivity contribution is -0.133. The molecule has 4 nitrogen and oxygen atoms in total. The Bertz CT molecular complexity index is 433. The monoisotopic (exact) mass is 264 g/mol. The molecule has 1 fully saturated rings. The normalized spacial score (nSPS) is 19.9. The van der Waals surface area contributed by atoms with E-state index >= 15 is 0 Å². The van der Waals surface area contributed by atoms with Crippen molar-refractivity contribution in [2.75, 3.05) is 13.1 Å². The van der Waals surface area contributed by atoms with Gasteiger partial charge >= 0.3 is 0 Å². The van der Waals surface area contributed by atoms with Gasteiger partial charge < -0.3 is 15.1 Å². The predicted molar refractivity (Wildman–Crippen MR) is 74.8 cm³/mol. The van der Waals surface area contributed by atoms with Gasteiger partial charge in [-0.05, 0) is 58.3 Å². The molecule has 1 aliphatic heterocycles. The van der Waals surface area contributed by atoms with E-state index in [-0.39, 0.29) is 17.4 Å². The fourth-order valence-electron chi connectivity index (χ4n) is 2.75. The van der Waals surface area contributed by atoms with E-state index in [0.29, 0.717) is 0 Å². The maximum absolute atomic E-state index is 12.6. The Balaban J connectivity index is 2.03. The van der Waals surface area contributed by atoms with Gasteiger partial charge in [-0.3, -0.25) is 4.79 Å². The fourth-order valence-corrected chi connectivity index (χ4v) is 2.75. The lowest BCUT2D eigenvalue weighted by atomic mass is 9.75. The number of carbonyl (C=O) groups is 1. The fraction of sp³-hybridized carbons (Fsp3) is 0.667. The highest BCUT2D eigenvalue weighted by Crippen LogP contribution is 2.33. The highest BCUT2D eigenvalue weighted by atomic mass is 16.3. The van der Waals surface area contributed by atoms with E-state index in [4.69, 9.17) is 4.42 Å². The summed E-state index contributed by atoms with van der Waals surface area (Å²) in [6, 6.07) is 3.79. The first-order chi connectivity index (χ1) is 9.07. The average molecular weight is 264 g/mol. The number of piperidine rings is 1. The summed E-state index contributed by atoms with van der Waals surface area (Å²) in [6.45, 7) is 7.84. The summed E-state index contributed by atoms with van der Waals surface area (Å²) in [5.74, 6) is 1.87. The summed E-state index contributed by atoms with van der Waals surface area (Å²) in [6.07, 6.45) is 2.73. The van der Waals surface area contributed by atoms with Gasteiger partial charge in [0.1, 0.15) is 11.5 Å². The molecular formula is C15H24N2O2. The van der Waals surface area contributed by atoms with Gasteiger partial charge in [0.25, 0.3) is 0 Å². The number of carbonyl (C=O) groups excluding carboxylic acids is 1. The van der Waals surface area contributed by atoms with E-state index in [1.165, 1.54) is 0 Å². The Labute approximate surface area is 114 Å². The summed E-state index contributed by atoms with van der Waals surface area (Å²) >= 11 is 0. The van der Waals surface area contributed by atoms with Gasteiger partial charge in [-0.25, -0.2) is 0 Å². The maximum atomic E-state index is 12.6. The summed E-state index contributed by atoms with van der Waals surface area (Å²) in [5, 5.41) is 6.43. The molecule has 0 aliphatic carbocycles. The van der Waals surface area contributed by atoms with Gasteiger partial charge in [-0.1, -0.05) is 6.92 Å². The second kappa shape index (κ2) is 5.78. The molecule has 1 aliphatic rings. The van der Waals surface area contributed by atoms with Crippen LogP contribution < -0.4 is 10.6 Å². The lowest BCUT2D eigenvalue weighted by Gasteiger charge is -2.36. The molecule has 2 N–H and O–H groups in total. The molecule has 0 bridgehead atoms. The van der Waals surface area contributed by atoms with Crippen LogP contribution in [-0.2, 0) is 4.79 Å². The van der Waals surface area contributed by atoms with Crippen LogP contribution in [0.1, 0.15) is 50.7 Å². The maximum Gasteiger partial charge on any atom is 0.226 e. The van der Waals surface area contributed by atoms with Crippen LogP contribution in [0.25, 0.3) is 0 Å². The minimum atomic E-state index is -0.207. The lowest BCUT2D eigenvalue weighted by Crippen LogP contribution is -2.47. The number of hydrogen-bond donors (Lipinski definition) is 2. The van der Waals surface area contributed by atoms with Crippen LogP contribution in [0, 0.1) is 12.3 Å². The molecule has 1 aromatic rings. The van der Waals surface area contributed by atoms with E-state index in [1.807, 2.05) is 26.0 Å². The van der Waals surface area contributed by atoms with Crippen molar-refractivity contribution in [3.05, 3.63) is 23.7 Å². The van der Waals surface area contributed by atoms with Crippen molar-refractivity contribution >= 4 is 5.91 Å². The van der Waals surface area contributed by atoms with E-state index in [9.17, 15) is 4.79 Å². The van der Waals surface area contributed by atoms with Crippen LogP contribution >= 0.6 is 0 Å². The number of nitrogens with one attached hydrogen (secondary N) is 2. The zero-order chi connectivity index (χ0) is 13.9. The number of hydrogen-bond acceptors (Lipinski definition) is 3. The van der Waals surface area contributed by atoms with Gasteiger partial charge in [-0.2, -0.15) is 0 Å². The average Bonchev–Trinajstić information content (AvgIpc) is 2.86. The molecule has 4 heteroatoms. The van der Waals surface area contributed by atoms with Crippen LogP contribution in [-0.4, -0.2) is 19.0 Å². The highest BCUT2D eigenvalue weighted by molar-refractivity contribution is 5.83. The second-order valence-electron chi connectivity index (χ2n) is 5.53. The van der Waals surface area contributed by atoms with Crippen molar-refractivity contribution in [1.82, 2.24) is 10.6 Å².